The molecule has 0 N–H and O–H groups in total. The molecule has 0 radical (unpaired) electrons. The standard InChI is InChI=1S/C16H20N2S/c1-2-18(14-15-8-6-7-11-17-15)12-13-19-16-9-4-3-5-10-16/h3-11H,2,12-14H2,1H3. The van der Waals surface area contributed by atoms with Crippen molar-refractivity contribution in [3.05, 3.63) is 60.4 Å². The first-order chi connectivity index (χ1) is 9.38. The largest absolute Gasteiger partial charge is 0.297 e. The number of thioether (sulfide) groups is 1. The van der Waals surface area contributed by atoms with Crippen molar-refractivity contribution in [3.63, 3.8) is 0 Å². The van der Waals surface area contributed by atoms with Gasteiger partial charge in [-0.3, -0.25) is 9.88 Å². The van der Waals surface area contributed by atoms with Crippen LogP contribution in [0.4, 0.5) is 0 Å². The maximum Gasteiger partial charge on any atom is 0.0543 e. The minimum atomic E-state index is 0.937. The molecular formula is C16H20N2S. The third-order valence-corrected chi connectivity index (χ3v) is 3.97. The predicted octanol–water partition coefficient (Wildman–Crippen LogP) is 3.70. The molecule has 3 heteroatoms. The van der Waals surface area contributed by atoms with E-state index in [9.17, 15) is 0 Å². The van der Waals surface area contributed by atoms with Crippen LogP contribution in [0.2, 0.25) is 0 Å². The molecule has 0 saturated carbocycles. The summed E-state index contributed by atoms with van der Waals surface area (Å²) < 4.78 is 0. The molecule has 0 aliphatic carbocycles. The first-order valence-electron chi connectivity index (χ1n) is 6.68. The van der Waals surface area contributed by atoms with Gasteiger partial charge in [0, 0.05) is 29.9 Å². The number of hydrogen-bond acceptors (Lipinski definition) is 3. The van der Waals surface area contributed by atoms with E-state index in [1.165, 1.54) is 4.90 Å². The number of pyridine rings is 1. The minimum absolute atomic E-state index is 0.937. The SMILES string of the molecule is CCN(CCSc1ccccc1)Cc1ccccn1. The van der Waals surface area contributed by atoms with Crippen LogP contribution < -0.4 is 0 Å². The Labute approximate surface area is 119 Å². The molecule has 0 spiro atoms. The minimum Gasteiger partial charge on any atom is -0.297 e. The molecule has 1 aromatic heterocycles. The lowest BCUT2D eigenvalue weighted by Crippen LogP contribution is -2.25. The van der Waals surface area contributed by atoms with Gasteiger partial charge in [-0.25, -0.2) is 0 Å². The fourth-order valence-electron chi connectivity index (χ4n) is 1.88. The van der Waals surface area contributed by atoms with Crippen molar-refractivity contribution in [2.75, 3.05) is 18.8 Å². The van der Waals surface area contributed by atoms with E-state index in [2.05, 4.69) is 59.3 Å². The Morgan fingerprint density at radius 2 is 1.84 bits per heavy atom. The van der Waals surface area contributed by atoms with Crippen LogP contribution in [-0.4, -0.2) is 28.7 Å². The predicted molar refractivity (Wildman–Crippen MR) is 82.4 cm³/mol. The fourth-order valence-corrected chi connectivity index (χ4v) is 2.81. The molecule has 0 aliphatic rings. The second kappa shape index (κ2) is 7.97. The molecule has 0 atom stereocenters. The molecule has 1 aromatic carbocycles. The monoisotopic (exact) mass is 272 g/mol. The van der Waals surface area contributed by atoms with Gasteiger partial charge < -0.3 is 0 Å². The molecule has 19 heavy (non-hydrogen) atoms. The van der Waals surface area contributed by atoms with Crippen LogP contribution in [0.3, 0.4) is 0 Å². The molecule has 2 aromatic rings. The van der Waals surface area contributed by atoms with Gasteiger partial charge in [-0.2, -0.15) is 0 Å². The molecule has 0 unspecified atom stereocenters. The summed E-state index contributed by atoms with van der Waals surface area (Å²) in [6.07, 6.45) is 1.86. The van der Waals surface area contributed by atoms with E-state index in [0.29, 0.717) is 0 Å². The first-order valence-corrected chi connectivity index (χ1v) is 7.67. The number of hydrogen-bond donors (Lipinski definition) is 0. The van der Waals surface area contributed by atoms with Crippen molar-refractivity contribution in [2.24, 2.45) is 0 Å². The van der Waals surface area contributed by atoms with Gasteiger partial charge in [0.25, 0.3) is 0 Å². The molecule has 0 bridgehead atoms. The molecule has 0 fully saturated rings. The Balaban J connectivity index is 1.77. The first kappa shape index (κ1) is 14.1. The van der Waals surface area contributed by atoms with Gasteiger partial charge in [0.1, 0.15) is 0 Å². The van der Waals surface area contributed by atoms with Crippen molar-refractivity contribution < 1.29 is 0 Å². The number of benzene rings is 1. The van der Waals surface area contributed by atoms with Crippen LogP contribution >= 0.6 is 11.8 Å². The highest BCUT2D eigenvalue weighted by Crippen LogP contribution is 2.17. The van der Waals surface area contributed by atoms with Crippen LogP contribution in [0.25, 0.3) is 0 Å². The highest BCUT2D eigenvalue weighted by Gasteiger charge is 2.04. The Morgan fingerprint density at radius 3 is 2.53 bits per heavy atom. The number of rotatable bonds is 7. The summed E-state index contributed by atoms with van der Waals surface area (Å²) >= 11 is 1.91. The Bertz CT molecular complexity index is 459. The van der Waals surface area contributed by atoms with Crippen LogP contribution in [0, 0.1) is 0 Å². The smallest absolute Gasteiger partial charge is 0.0543 e. The van der Waals surface area contributed by atoms with E-state index in [0.717, 1.165) is 31.1 Å². The lowest BCUT2D eigenvalue weighted by atomic mass is 10.3. The van der Waals surface area contributed by atoms with E-state index < -0.39 is 0 Å². The number of aromatic nitrogens is 1. The molecule has 2 rings (SSSR count). The lowest BCUT2D eigenvalue weighted by molar-refractivity contribution is 0.295. The summed E-state index contributed by atoms with van der Waals surface area (Å²) in [5, 5.41) is 0. The van der Waals surface area contributed by atoms with Crippen LogP contribution in [0.1, 0.15) is 12.6 Å². The zero-order valence-electron chi connectivity index (χ0n) is 11.3. The van der Waals surface area contributed by atoms with Crippen LogP contribution in [0.15, 0.2) is 59.6 Å². The maximum atomic E-state index is 4.38. The van der Waals surface area contributed by atoms with Crippen molar-refractivity contribution >= 4 is 11.8 Å². The lowest BCUT2D eigenvalue weighted by Gasteiger charge is -2.19. The van der Waals surface area contributed by atoms with Crippen molar-refractivity contribution in [1.29, 1.82) is 0 Å². The average Bonchev–Trinajstić information content (AvgIpc) is 2.48. The summed E-state index contributed by atoms with van der Waals surface area (Å²) in [7, 11) is 0. The summed E-state index contributed by atoms with van der Waals surface area (Å²) in [5.74, 6) is 1.12. The summed E-state index contributed by atoms with van der Waals surface area (Å²) in [6, 6.07) is 16.7. The van der Waals surface area contributed by atoms with E-state index in [-0.39, 0.29) is 0 Å². The van der Waals surface area contributed by atoms with Gasteiger partial charge >= 0.3 is 0 Å². The topological polar surface area (TPSA) is 16.1 Å². The van der Waals surface area contributed by atoms with Crippen molar-refractivity contribution in [2.45, 2.75) is 18.4 Å². The van der Waals surface area contributed by atoms with Gasteiger partial charge in [0.2, 0.25) is 0 Å². The Hall–Kier alpha value is -1.32. The zero-order chi connectivity index (χ0) is 13.3. The van der Waals surface area contributed by atoms with Gasteiger partial charge in [-0.1, -0.05) is 31.2 Å². The van der Waals surface area contributed by atoms with E-state index in [4.69, 9.17) is 0 Å². The second-order valence-corrected chi connectivity index (χ2v) is 5.52. The molecule has 0 amide bonds. The maximum absolute atomic E-state index is 4.38. The normalized spacial score (nSPS) is 10.8. The summed E-state index contributed by atoms with van der Waals surface area (Å²) in [4.78, 5) is 8.16. The average molecular weight is 272 g/mol. The van der Waals surface area contributed by atoms with E-state index in [1.54, 1.807) is 0 Å². The second-order valence-electron chi connectivity index (χ2n) is 4.35. The highest BCUT2D eigenvalue weighted by atomic mass is 32.2. The Kier molecular flexibility index (Phi) is 5.92. The Morgan fingerprint density at radius 1 is 1.05 bits per heavy atom. The quantitative estimate of drug-likeness (QED) is 0.715. The van der Waals surface area contributed by atoms with Gasteiger partial charge in [0.15, 0.2) is 0 Å². The molecule has 0 aliphatic heterocycles. The molecule has 0 saturated heterocycles. The molecule has 1 heterocycles. The molecular weight excluding hydrogens is 252 g/mol. The van der Waals surface area contributed by atoms with E-state index in [1.807, 2.05) is 24.0 Å². The van der Waals surface area contributed by atoms with Crippen molar-refractivity contribution in [3.8, 4) is 0 Å². The third-order valence-electron chi connectivity index (χ3n) is 2.98. The summed E-state index contributed by atoms with van der Waals surface area (Å²) in [6.45, 7) is 5.29. The molecule has 100 valence electrons. The zero-order valence-corrected chi connectivity index (χ0v) is 12.1. The van der Waals surface area contributed by atoms with E-state index >= 15 is 0 Å². The van der Waals surface area contributed by atoms with Crippen molar-refractivity contribution in [1.82, 2.24) is 9.88 Å². The highest BCUT2D eigenvalue weighted by molar-refractivity contribution is 7.99. The fraction of sp³-hybridized carbons (Fsp3) is 0.312. The third kappa shape index (κ3) is 5.05. The summed E-state index contributed by atoms with van der Waals surface area (Å²) in [5.41, 5.74) is 1.15. The van der Waals surface area contributed by atoms with Gasteiger partial charge in [-0.15, -0.1) is 11.8 Å². The molecule has 2 nitrogen and oxygen atoms in total. The van der Waals surface area contributed by atoms with Crippen LogP contribution in [-0.2, 0) is 6.54 Å². The van der Waals surface area contributed by atoms with Gasteiger partial charge in [-0.05, 0) is 30.8 Å². The van der Waals surface area contributed by atoms with Gasteiger partial charge in [0.05, 0.1) is 5.69 Å². The van der Waals surface area contributed by atoms with Crippen LogP contribution in [0.5, 0.6) is 0 Å². The number of nitrogens with zero attached hydrogens (tertiary/aromatic N) is 2.